The second kappa shape index (κ2) is 12.1. The first kappa shape index (κ1) is 23.6. The van der Waals surface area contributed by atoms with Crippen molar-refractivity contribution in [2.45, 2.75) is 25.0 Å². The molecular formula is C19H31IN4O3. The van der Waals surface area contributed by atoms with E-state index >= 15 is 0 Å². The van der Waals surface area contributed by atoms with Gasteiger partial charge in [-0.3, -0.25) is 4.79 Å². The Bertz CT molecular complexity index is 590. The van der Waals surface area contributed by atoms with E-state index in [2.05, 4.69) is 15.6 Å². The minimum atomic E-state index is -0.265. The molecule has 0 unspecified atom stereocenters. The van der Waals surface area contributed by atoms with E-state index in [1.165, 1.54) is 0 Å². The number of nitrogens with zero attached hydrogens (tertiary/aromatic N) is 2. The summed E-state index contributed by atoms with van der Waals surface area (Å²) < 4.78 is 11.2. The number of aliphatic imine (C=N–C) groups is 1. The molecule has 0 bridgehead atoms. The van der Waals surface area contributed by atoms with E-state index in [0.29, 0.717) is 32.3 Å². The summed E-state index contributed by atoms with van der Waals surface area (Å²) in [6.07, 6.45) is 1.66. The number of ether oxygens (including phenoxy) is 2. The molecule has 1 fully saturated rings. The predicted molar refractivity (Wildman–Crippen MR) is 117 cm³/mol. The van der Waals surface area contributed by atoms with Crippen LogP contribution >= 0.6 is 24.0 Å². The van der Waals surface area contributed by atoms with E-state index in [9.17, 15) is 4.79 Å². The molecule has 0 atom stereocenters. The van der Waals surface area contributed by atoms with Gasteiger partial charge in [-0.15, -0.1) is 24.0 Å². The summed E-state index contributed by atoms with van der Waals surface area (Å²) in [6, 6.07) is 10.0. The molecule has 1 amide bonds. The van der Waals surface area contributed by atoms with Gasteiger partial charge in [-0.25, -0.2) is 4.99 Å². The maximum Gasteiger partial charge on any atom is 0.241 e. The van der Waals surface area contributed by atoms with E-state index in [-0.39, 0.29) is 42.0 Å². The summed E-state index contributed by atoms with van der Waals surface area (Å²) in [7, 11) is 5.21. The molecule has 1 aliphatic rings. The molecule has 1 saturated heterocycles. The number of likely N-dealkylation sites (N-methyl/N-ethyl adjacent to an activating group) is 1. The fourth-order valence-electron chi connectivity index (χ4n) is 2.69. The molecule has 0 spiro atoms. The number of hydrogen-bond donors (Lipinski definition) is 2. The Kier molecular flexibility index (Phi) is 10.6. The Morgan fingerprint density at radius 3 is 2.48 bits per heavy atom. The lowest BCUT2D eigenvalue weighted by Gasteiger charge is -2.36. The molecule has 1 aliphatic heterocycles. The average molecular weight is 490 g/mol. The van der Waals surface area contributed by atoms with Crippen molar-refractivity contribution in [2.24, 2.45) is 4.99 Å². The number of amides is 1. The van der Waals surface area contributed by atoms with Crippen LogP contribution < -0.4 is 10.6 Å². The molecule has 1 aromatic carbocycles. The Labute approximate surface area is 178 Å². The van der Waals surface area contributed by atoms with Crippen molar-refractivity contribution < 1.29 is 14.3 Å². The zero-order valence-electron chi connectivity index (χ0n) is 16.4. The Morgan fingerprint density at radius 2 is 1.89 bits per heavy atom. The predicted octanol–water partition coefficient (Wildman–Crippen LogP) is 1.62. The van der Waals surface area contributed by atoms with Crippen LogP contribution in [0.2, 0.25) is 0 Å². The van der Waals surface area contributed by atoms with Gasteiger partial charge in [0.1, 0.15) is 0 Å². The monoisotopic (exact) mass is 490 g/mol. The van der Waals surface area contributed by atoms with Crippen molar-refractivity contribution in [3.63, 3.8) is 0 Å². The van der Waals surface area contributed by atoms with E-state index in [1.807, 2.05) is 30.3 Å². The average Bonchev–Trinajstić information content (AvgIpc) is 2.68. The Morgan fingerprint density at radius 1 is 1.22 bits per heavy atom. The Balaban J connectivity index is 0.00000364. The quantitative estimate of drug-likeness (QED) is 0.345. The number of carbonyl (C=O) groups excluding carboxylic acids is 1. The highest BCUT2D eigenvalue weighted by atomic mass is 127. The topological polar surface area (TPSA) is 75.2 Å². The second-order valence-electron chi connectivity index (χ2n) is 6.65. The van der Waals surface area contributed by atoms with Gasteiger partial charge in [-0.05, 0) is 5.56 Å². The molecule has 0 radical (unpaired) electrons. The standard InChI is InChI=1S/C19H30N4O3.HI/c1-23(2)17(24)14-21-18(20-13-16-7-5-4-6-8-16)22-15-19(25-3)9-11-26-12-10-19;/h4-8H,9-15H2,1-3H3,(H2,20,21,22);1H. The van der Waals surface area contributed by atoms with E-state index in [0.717, 1.165) is 18.4 Å². The summed E-state index contributed by atoms with van der Waals surface area (Å²) in [5.74, 6) is 0.596. The minimum absolute atomic E-state index is 0. The largest absolute Gasteiger partial charge is 0.381 e. The SMILES string of the molecule is COC1(CNC(=NCc2ccccc2)NCC(=O)N(C)C)CCOCC1.I. The van der Waals surface area contributed by atoms with Gasteiger partial charge < -0.3 is 25.0 Å². The lowest BCUT2D eigenvalue weighted by Crippen LogP contribution is -2.51. The van der Waals surface area contributed by atoms with Gasteiger partial charge >= 0.3 is 0 Å². The number of guanidine groups is 1. The molecule has 27 heavy (non-hydrogen) atoms. The van der Waals surface area contributed by atoms with E-state index < -0.39 is 0 Å². The fraction of sp³-hybridized carbons (Fsp3) is 0.579. The minimum Gasteiger partial charge on any atom is -0.381 e. The Hall–Kier alpha value is -1.39. The van der Waals surface area contributed by atoms with Crippen molar-refractivity contribution in [3.8, 4) is 0 Å². The first-order chi connectivity index (χ1) is 12.5. The lowest BCUT2D eigenvalue weighted by atomic mass is 9.94. The van der Waals surface area contributed by atoms with Crippen molar-refractivity contribution >= 4 is 35.8 Å². The second-order valence-corrected chi connectivity index (χ2v) is 6.65. The van der Waals surface area contributed by atoms with Crippen LogP contribution in [0.3, 0.4) is 0 Å². The molecule has 0 saturated carbocycles. The molecule has 8 heteroatoms. The first-order valence-corrected chi connectivity index (χ1v) is 8.94. The van der Waals surface area contributed by atoms with Crippen molar-refractivity contribution in [3.05, 3.63) is 35.9 Å². The number of rotatable bonds is 7. The number of carbonyl (C=O) groups is 1. The van der Waals surface area contributed by atoms with Crippen LogP contribution in [0.4, 0.5) is 0 Å². The van der Waals surface area contributed by atoms with Gasteiger partial charge in [0.2, 0.25) is 5.91 Å². The van der Waals surface area contributed by atoms with Gasteiger partial charge in [-0.2, -0.15) is 0 Å². The molecule has 0 aromatic heterocycles. The van der Waals surface area contributed by atoms with E-state index in [4.69, 9.17) is 9.47 Å². The van der Waals surface area contributed by atoms with Crippen LogP contribution in [0.5, 0.6) is 0 Å². The van der Waals surface area contributed by atoms with Crippen LogP contribution in [-0.2, 0) is 20.8 Å². The van der Waals surface area contributed by atoms with Crippen LogP contribution in [0.25, 0.3) is 0 Å². The molecule has 1 aromatic rings. The molecular weight excluding hydrogens is 459 g/mol. The summed E-state index contributed by atoms with van der Waals surface area (Å²) in [4.78, 5) is 18.1. The van der Waals surface area contributed by atoms with Gasteiger partial charge in [-0.1, -0.05) is 30.3 Å². The molecule has 7 nitrogen and oxygen atoms in total. The smallest absolute Gasteiger partial charge is 0.241 e. The highest BCUT2D eigenvalue weighted by molar-refractivity contribution is 14.0. The highest BCUT2D eigenvalue weighted by Gasteiger charge is 2.32. The maximum absolute atomic E-state index is 11.9. The van der Waals surface area contributed by atoms with Crippen molar-refractivity contribution in [2.75, 3.05) is 47.5 Å². The lowest BCUT2D eigenvalue weighted by molar-refractivity contribution is -0.127. The van der Waals surface area contributed by atoms with Crippen LogP contribution in [0.15, 0.2) is 35.3 Å². The summed E-state index contributed by atoms with van der Waals surface area (Å²) >= 11 is 0. The van der Waals surface area contributed by atoms with Crippen LogP contribution in [0, 0.1) is 0 Å². The van der Waals surface area contributed by atoms with Crippen LogP contribution in [-0.4, -0.2) is 69.9 Å². The van der Waals surface area contributed by atoms with E-state index in [1.54, 1.807) is 26.1 Å². The number of methoxy groups -OCH3 is 1. The zero-order valence-corrected chi connectivity index (χ0v) is 18.7. The summed E-state index contributed by atoms with van der Waals surface area (Å²) in [6.45, 7) is 2.73. The number of nitrogens with one attached hydrogen (secondary N) is 2. The summed E-state index contributed by atoms with van der Waals surface area (Å²) in [5, 5.41) is 6.45. The maximum atomic E-state index is 11.9. The molecule has 2 rings (SSSR count). The van der Waals surface area contributed by atoms with Gasteiger partial charge in [0.25, 0.3) is 0 Å². The zero-order chi connectivity index (χ0) is 18.8. The molecule has 1 heterocycles. The van der Waals surface area contributed by atoms with Gasteiger partial charge in [0, 0.05) is 53.8 Å². The van der Waals surface area contributed by atoms with Crippen molar-refractivity contribution in [1.29, 1.82) is 0 Å². The molecule has 0 aliphatic carbocycles. The number of hydrogen-bond acceptors (Lipinski definition) is 4. The molecule has 152 valence electrons. The third-order valence-corrected chi connectivity index (χ3v) is 4.58. The highest BCUT2D eigenvalue weighted by Crippen LogP contribution is 2.23. The number of halogens is 1. The van der Waals surface area contributed by atoms with Crippen molar-refractivity contribution in [1.82, 2.24) is 15.5 Å². The van der Waals surface area contributed by atoms with Gasteiger partial charge in [0.05, 0.1) is 18.7 Å². The summed E-state index contributed by atoms with van der Waals surface area (Å²) in [5.41, 5.74) is 0.846. The third-order valence-electron chi connectivity index (χ3n) is 4.58. The number of benzene rings is 1. The fourth-order valence-corrected chi connectivity index (χ4v) is 2.69. The van der Waals surface area contributed by atoms with Gasteiger partial charge in [0.15, 0.2) is 5.96 Å². The van der Waals surface area contributed by atoms with Crippen LogP contribution in [0.1, 0.15) is 18.4 Å². The molecule has 2 N–H and O–H groups in total. The third kappa shape index (κ3) is 8.02. The normalized spacial score (nSPS) is 16.2. The first-order valence-electron chi connectivity index (χ1n) is 8.94.